The molecule has 1 aromatic heterocycles. The van der Waals surface area contributed by atoms with Crippen molar-refractivity contribution in [3.05, 3.63) is 41.5 Å². The number of aromatic nitrogens is 3. The maximum atomic E-state index is 12.6. The van der Waals surface area contributed by atoms with Gasteiger partial charge >= 0.3 is 6.61 Å². The summed E-state index contributed by atoms with van der Waals surface area (Å²) in [4.78, 5) is 4.46. The summed E-state index contributed by atoms with van der Waals surface area (Å²) in [6.07, 6.45) is 1.67. The lowest BCUT2D eigenvalue weighted by molar-refractivity contribution is -0.0504. The monoisotopic (exact) mass is 494 g/mol. The first-order chi connectivity index (χ1) is 12.5. The molecule has 7 nitrogen and oxygen atoms in total. The minimum absolute atomic E-state index is 0. The fourth-order valence-corrected chi connectivity index (χ4v) is 2.39. The summed E-state index contributed by atoms with van der Waals surface area (Å²) >= 11 is 0. The van der Waals surface area contributed by atoms with Gasteiger partial charge in [0.2, 0.25) is 0 Å². The third kappa shape index (κ3) is 7.27. The minimum atomic E-state index is -2.87. The Balaban J connectivity index is 0.00000364. The predicted molar refractivity (Wildman–Crippen MR) is 111 cm³/mol. The summed E-state index contributed by atoms with van der Waals surface area (Å²) in [7, 11) is 0. The van der Waals surface area contributed by atoms with Crippen molar-refractivity contribution >= 4 is 29.9 Å². The Kier molecular flexibility index (Phi) is 9.97. The largest absolute Gasteiger partial charge is 0.434 e. The SMILES string of the molecule is CCNC(=NCc1cc(C)ccc1OC(F)F)NCc1nncn1CC.I. The van der Waals surface area contributed by atoms with Crippen LogP contribution in [0.4, 0.5) is 8.78 Å². The van der Waals surface area contributed by atoms with Gasteiger partial charge in [-0.3, -0.25) is 0 Å². The predicted octanol–water partition coefficient (Wildman–Crippen LogP) is 3.08. The zero-order valence-corrected chi connectivity index (χ0v) is 17.9. The van der Waals surface area contributed by atoms with Crippen molar-refractivity contribution in [2.24, 2.45) is 4.99 Å². The van der Waals surface area contributed by atoms with E-state index < -0.39 is 6.61 Å². The quantitative estimate of drug-likeness (QED) is 0.335. The molecule has 10 heteroatoms. The molecule has 0 aliphatic carbocycles. The van der Waals surface area contributed by atoms with Crippen molar-refractivity contribution in [3.63, 3.8) is 0 Å². The number of hydrogen-bond donors (Lipinski definition) is 2. The van der Waals surface area contributed by atoms with Gasteiger partial charge in [-0.2, -0.15) is 8.78 Å². The molecule has 0 aliphatic rings. The average molecular weight is 494 g/mol. The molecule has 1 aromatic carbocycles. The Morgan fingerprint density at radius 1 is 1.30 bits per heavy atom. The van der Waals surface area contributed by atoms with E-state index in [0.717, 1.165) is 17.9 Å². The molecule has 1 heterocycles. The van der Waals surface area contributed by atoms with Crippen LogP contribution in [0.25, 0.3) is 0 Å². The standard InChI is InChI=1S/C17H24F2N6O.HI/c1-4-20-17(22-10-15-24-23-11-25(15)5-2)21-9-13-8-12(3)6-7-14(13)26-16(18)19;/h6-8,11,16H,4-5,9-10H2,1-3H3,(H2,20,21,22);1H. The van der Waals surface area contributed by atoms with Gasteiger partial charge in [0.15, 0.2) is 11.8 Å². The van der Waals surface area contributed by atoms with E-state index in [-0.39, 0.29) is 36.3 Å². The average Bonchev–Trinajstić information content (AvgIpc) is 3.06. The number of aliphatic imine (C=N–C) groups is 1. The second kappa shape index (κ2) is 11.7. The highest BCUT2D eigenvalue weighted by atomic mass is 127. The van der Waals surface area contributed by atoms with Gasteiger partial charge in [0.1, 0.15) is 12.1 Å². The first-order valence-corrected chi connectivity index (χ1v) is 8.46. The van der Waals surface area contributed by atoms with E-state index in [4.69, 9.17) is 0 Å². The molecule has 150 valence electrons. The van der Waals surface area contributed by atoms with Gasteiger partial charge in [0, 0.05) is 18.7 Å². The van der Waals surface area contributed by atoms with Crippen LogP contribution >= 0.6 is 24.0 Å². The highest BCUT2D eigenvalue weighted by Crippen LogP contribution is 2.22. The van der Waals surface area contributed by atoms with Gasteiger partial charge in [-0.25, -0.2) is 4.99 Å². The number of ether oxygens (including phenoxy) is 1. The molecule has 0 amide bonds. The van der Waals surface area contributed by atoms with Gasteiger partial charge in [-0.15, -0.1) is 34.2 Å². The lowest BCUT2D eigenvalue weighted by Crippen LogP contribution is -2.37. The van der Waals surface area contributed by atoms with E-state index in [1.54, 1.807) is 18.5 Å². The van der Waals surface area contributed by atoms with Crippen LogP contribution < -0.4 is 15.4 Å². The van der Waals surface area contributed by atoms with Crippen LogP contribution in [0.2, 0.25) is 0 Å². The Morgan fingerprint density at radius 2 is 2.07 bits per heavy atom. The van der Waals surface area contributed by atoms with E-state index in [0.29, 0.717) is 24.6 Å². The van der Waals surface area contributed by atoms with Gasteiger partial charge < -0.3 is 19.9 Å². The molecule has 0 radical (unpaired) electrons. The molecule has 0 spiro atoms. The molecule has 0 saturated heterocycles. The molecule has 0 aliphatic heterocycles. The highest BCUT2D eigenvalue weighted by molar-refractivity contribution is 14.0. The van der Waals surface area contributed by atoms with Crippen molar-refractivity contribution in [1.29, 1.82) is 0 Å². The number of guanidine groups is 1. The molecular formula is C17H25F2IN6O. The van der Waals surface area contributed by atoms with E-state index in [1.165, 1.54) is 6.07 Å². The second-order valence-corrected chi connectivity index (χ2v) is 5.57. The summed E-state index contributed by atoms with van der Waals surface area (Å²) in [6, 6.07) is 5.06. The second-order valence-electron chi connectivity index (χ2n) is 5.57. The topological polar surface area (TPSA) is 76.4 Å². The number of nitrogens with one attached hydrogen (secondary N) is 2. The Labute approximate surface area is 174 Å². The highest BCUT2D eigenvalue weighted by Gasteiger charge is 2.10. The van der Waals surface area contributed by atoms with Crippen LogP contribution in [-0.4, -0.2) is 33.9 Å². The van der Waals surface area contributed by atoms with E-state index in [9.17, 15) is 8.78 Å². The number of benzene rings is 1. The fourth-order valence-electron chi connectivity index (χ4n) is 2.39. The van der Waals surface area contributed by atoms with Crippen molar-refractivity contribution in [1.82, 2.24) is 25.4 Å². The maximum absolute atomic E-state index is 12.6. The third-order valence-corrected chi connectivity index (χ3v) is 3.63. The summed E-state index contributed by atoms with van der Waals surface area (Å²) in [5.74, 6) is 1.48. The summed E-state index contributed by atoms with van der Waals surface area (Å²) in [5.41, 5.74) is 1.55. The Morgan fingerprint density at radius 3 is 2.74 bits per heavy atom. The van der Waals surface area contributed by atoms with E-state index in [2.05, 4.69) is 30.6 Å². The number of aryl methyl sites for hydroxylation is 2. The summed E-state index contributed by atoms with van der Waals surface area (Å²) < 4.78 is 31.6. The van der Waals surface area contributed by atoms with E-state index in [1.807, 2.05) is 25.3 Å². The van der Waals surface area contributed by atoms with Crippen LogP contribution in [0.3, 0.4) is 0 Å². The third-order valence-electron chi connectivity index (χ3n) is 3.63. The Hall–Kier alpha value is -1.98. The number of rotatable bonds is 8. The molecule has 2 aromatic rings. The first kappa shape index (κ1) is 23.1. The maximum Gasteiger partial charge on any atom is 0.387 e. The van der Waals surface area contributed by atoms with Crippen LogP contribution in [-0.2, 0) is 19.6 Å². The number of nitrogens with zero attached hydrogens (tertiary/aromatic N) is 4. The summed E-state index contributed by atoms with van der Waals surface area (Å²) in [6.45, 7) is 5.08. The van der Waals surface area contributed by atoms with Gasteiger partial charge in [-0.05, 0) is 26.8 Å². The van der Waals surface area contributed by atoms with Crippen LogP contribution in [0.15, 0.2) is 29.5 Å². The lowest BCUT2D eigenvalue weighted by atomic mass is 10.1. The zero-order valence-electron chi connectivity index (χ0n) is 15.6. The number of alkyl halides is 2. The normalized spacial score (nSPS) is 11.3. The van der Waals surface area contributed by atoms with Crippen molar-refractivity contribution < 1.29 is 13.5 Å². The summed E-state index contributed by atoms with van der Waals surface area (Å²) in [5, 5.41) is 14.2. The van der Waals surface area contributed by atoms with E-state index >= 15 is 0 Å². The lowest BCUT2D eigenvalue weighted by Gasteiger charge is -2.13. The molecule has 0 saturated carbocycles. The molecule has 27 heavy (non-hydrogen) atoms. The first-order valence-electron chi connectivity index (χ1n) is 8.46. The molecule has 0 atom stereocenters. The fraction of sp³-hybridized carbons (Fsp3) is 0.471. The van der Waals surface area contributed by atoms with Gasteiger partial charge in [0.25, 0.3) is 0 Å². The molecule has 0 unspecified atom stereocenters. The van der Waals surface area contributed by atoms with Gasteiger partial charge in [0.05, 0.1) is 13.1 Å². The van der Waals surface area contributed by atoms with Crippen LogP contribution in [0, 0.1) is 6.92 Å². The van der Waals surface area contributed by atoms with Crippen LogP contribution in [0.1, 0.15) is 30.8 Å². The number of halogens is 3. The molecule has 2 rings (SSSR count). The Bertz CT molecular complexity index is 738. The van der Waals surface area contributed by atoms with Crippen LogP contribution in [0.5, 0.6) is 5.75 Å². The van der Waals surface area contributed by atoms with Crippen molar-refractivity contribution in [2.45, 2.75) is 47.0 Å². The van der Waals surface area contributed by atoms with Crippen molar-refractivity contribution in [3.8, 4) is 5.75 Å². The number of hydrogen-bond acceptors (Lipinski definition) is 4. The van der Waals surface area contributed by atoms with Crippen molar-refractivity contribution in [2.75, 3.05) is 6.54 Å². The molecular weight excluding hydrogens is 469 g/mol. The molecule has 0 bridgehead atoms. The minimum Gasteiger partial charge on any atom is -0.434 e. The molecule has 2 N–H and O–H groups in total. The molecule has 0 fully saturated rings. The zero-order chi connectivity index (χ0) is 18.9. The van der Waals surface area contributed by atoms with Gasteiger partial charge in [-0.1, -0.05) is 17.7 Å². The smallest absolute Gasteiger partial charge is 0.387 e.